The summed E-state index contributed by atoms with van der Waals surface area (Å²) in [6.07, 6.45) is 1.67. The van der Waals surface area contributed by atoms with Gasteiger partial charge in [-0.3, -0.25) is 28.8 Å². The first-order valence-corrected chi connectivity index (χ1v) is 12.5. The number of alkyl halides is 1. The molecule has 0 fully saturated rings. The Morgan fingerprint density at radius 2 is 1.50 bits per heavy atom. The van der Waals surface area contributed by atoms with Crippen LogP contribution in [0.1, 0.15) is 45.2 Å². The molecule has 4 unspecified atom stereocenters. The summed E-state index contributed by atoms with van der Waals surface area (Å²) in [5, 5.41) is 28.4. The van der Waals surface area contributed by atoms with Gasteiger partial charge in [0.05, 0.1) is 30.7 Å². The lowest BCUT2D eigenvalue weighted by atomic mass is 10.0. The Labute approximate surface area is 224 Å². The van der Waals surface area contributed by atoms with E-state index in [2.05, 4.69) is 31.2 Å². The van der Waals surface area contributed by atoms with Crippen LogP contribution < -0.4 is 21.3 Å². The molecule has 0 bridgehead atoms. The van der Waals surface area contributed by atoms with Crippen molar-refractivity contribution >= 4 is 47.0 Å². The first-order valence-electron chi connectivity index (χ1n) is 12.0. The van der Waals surface area contributed by atoms with Gasteiger partial charge in [-0.05, 0) is 25.8 Å². The SMILES string of the molecule is CNC(CC(C)C)C(=O)NC(CCC(=O)O)C(=O)NC(Cc1cnc[nH]1)C(=O)NC(CC(=O)O)C(=O)CCl. The Morgan fingerprint density at radius 3 is 2.00 bits per heavy atom. The second-order valence-corrected chi connectivity index (χ2v) is 9.33. The lowest BCUT2D eigenvalue weighted by Gasteiger charge is -2.26. The van der Waals surface area contributed by atoms with Crippen LogP contribution in [0.25, 0.3) is 0 Å². The summed E-state index contributed by atoms with van der Waals surface area (Å²) < 4.78 is 0. The number of hydrogen-bond acceptors (Lipinski definition) is 8. The highest BCUT2D eigenvalue weighted by molar-refractivity contribution is 6.28. The lowest BCUT2D eigenvalue weighted by molar-refractivity contribution is -0.140. The molecule has 3 amide bonds. The molecule has 38 heavy (non-hydrogen) atoms. The van der Waals surface area contributed by atoms with Gasteiger partial charge in [-0.25, -0.2) is 4.98 Å². The topological polar surface area (TPSA) is 220 Å². The maximum Gasteiger partial charge on any atom is 0.305 e. The Balaban J connectivity index is 3.16. The number of Topliss-reactive ketones (excluding diaryl/α,β-unsaturated/α-hetero) is 1. The Bertz CT molecular complexity index is 971. The van der Waals surface area contributed by atoms with Crippen molar-refractivity contribution in [1.29, 1.82) is 0 Å². The summed E-state index contributed by atoms with van der Waals surface area (Å²) in [5.41, 5.74) is 0.433. The number of halogens is 1. The lowest BCUT2D eigenvalue weighted by Crippen LogP contribution is -2.58. The summed E-state index contributed by atoms with van der Waals surface area (Å²) in [5.74, 6) is -5.89. The fraction of sp³-hybridized carbons (Fsp3) is 0.609. The van der Waals surface area contributed by atoms with Crippen LogP contribution in [0.3, 0.4) is 0 Å². The van der Waals surface area contributed by atoms with Crippen molar-refractivity contribution in [1.82, 2.24) is 31.2 Å². The predicted molar refractivity (Wildman–Crippen MR) is 135 cm³/mol. The summed E-state index contributed by atoms with van der Waals surface area (Å²) in [7, 11) is 1.58. The zero-order chi connectivity index (χ0) is 28.8. The fourth-order valence-corrected chi connectivity index (χ4v) is 3.71. The maximum atomic E-state index is 13.2. The summed E-state index contributed by atoms with van der Waals surface area (Å²) in [4.78, 5) is 80.1. The number of aromatic nitrogens is 2. The third-order valence-electron chi connectivity index (χ3n) is 5.48. The van der Waals surface area contributed by atoms with Gasteiger partial charge in [0.25, 0.3) is 0 Å². The van der Waals surface area contributed by atoms with Crippen LogP contribution in [0.2, 0.25) is 0 Å². The normalized spacial score (nSPS) is 14.1. The second-order valence-electron chi connectivity index (χ2n) is 9.07. The number of carboxylic acid groups (broad SMARTS) is 2. The van der Waals surface area contributed by atoms with Crippen LogP contribution in [0.4, 0.5) is 0 Å². The third kappa shape index (κ3) is 11.7. The molecule has 1 rings (SSSR count). The summed E-state index contributed by atoms with van der Waals surface area (Å²) >= 11 is 5.54. The molecular weight excluding hydrogens is 524 g/mol. The largest absolute Gasteiger partial charge is 0.481 e. The van der Waals surface area contributed by atoms with Gasteiger partial charge in [0.15, 0.2) is 5.78 Å². The van der Waals surface area contributed by atoms with Gasteiger partial charge >= 0.3 is 11.9 Å². The molecule has 1 aromatic heterocycles. The van der Waals surface area contributed by atoms with E-state index >= 15 is 0 Å². The van der Waals surface area contributed by atoms with E-state index in [1.165, 1.54) is 12.5 Å². The van der Waals surface area contributed by atoms with Crippen LogP contribution in [-0.4, -0.2) is 92.7 Å². The maximum absolute atomic E-state index is 13.2. The standard InChI is InChI=1S/C23H35ClN6O8/c1-12(2)6-16(25-3)22(37)28-14(4-5-19(32)33)21(36)30-17(7-13-10-26-11-27-13)23(38)29-15(8-20(34)35)18(31)9-24/h10-12,14-17,25H,4-9H2,1-3H3,(H,26,27)(H,28,37)(H,29,38)(H,30,36)(H,32,33)(H,34,35). The van der Waals surface area contributed by atoms with E-state index in [0.29, 0.717) is 12.1 Å². The number of H-pyrrole nitrogens is 1. The molecule has 1 aromatic rings. The molecule has 0 radical (unpaired) electrons. The zero-order valence-electron chi connectivity index (χ0n) is 21.5. The van der Waals surface area contributed by atoms with Crippen LogP contribution in [0.5, 0.6) is 0 Å². The van der Waals surface area contributed by atoms with E-state index in [0.717, 1.165) is 0 Å². The molecule has 15 heteroatoms. The number of carbonyl (C=O) groups is 6. The number of rotatable bonds is 18. The van der Waals surface area contributed by atoms with Crippen molar-refractivity contribution in [3.63, 3.8) is 0 Å². The number of aromatic amines is 1. The van der Waals surface area contributed by atoms with Crippen molar-refractivity contribution in [3.05, 3.63) is 18.2 Å². The van der Waals surface area contributed by atoms with Crippen LogP contribution in [0.15, 0.2) is 12.5 Å². The van der Waals surface area contributed by atoms with Gasteiger partial charge in [0, 0.05) is 24.7 Å². The molecule has 0 saturated carbocycles. The van der Waals surface area contributed by atoms with Crippen LogP contribution in [-0.2, 0) is 35.2 Å². The third-order valence-corrected chi connectivity index (χ3v) is 5.74. The smallest absolute Gasteiger partial charge is 0.305 e. The molecule has 1 heterocycles. The van der Waals surface area contributed by atoms with E-state index in [9.17, 15) is 28.8 Å². The Hall–Kier alpha value is -3.52. The quantitative estimate of drug-likeness (QED) is 0.111. The van der Waals surface area contributed by atoms with E-state index in [1.807, 2.05) is 13.8 Å². The highest BCUT2D eigenvalue weighted by atomic mass is 35.5. The van der Waals surface area contributed by atoms with Crippen LogP contribution >= 0.6 is 11.6 Å². The first kappa shape index (κ1) is 32.5. The highest BCUT2D eigenvalue weighted by Crippen LogP contribution is 2.08. The predicted octanol–water partition coefficient (Wildman–Crippen LogP) is -0.812. The molecule has 14 nitrogen and oxygen atoms in total. The van der Waals surface area contributed by atoms with E-state index in [4.69, 9.17) is 21.8 Å². The van der Waals surface area contributed by atoms with Gasteiger partial charge in [-0.2, -0.15) is 0 Å². The van der Waals surface area contributed by atoms with Crippen molar-refractivity contribution in [2.24, 2.45) is 5.92 Å². The fourth-order valence-electron chi connectivity index (χ4n) is 3.52. The van der Waals surface area contributed by atoms with Crippen LogP contribution in [0, 0.1) is 5.92 Å². The molecule has 4 atom stereocenters. The minimum absolute atomic E-state index is 0.126. The molecule has 0 spiro atoms. The molecule has 212 valence electrons. The molecule has 0 saturated heterocycles. The monoisotopic (exact) mass is 558 g/mol. The molecule has 7 N–H and O–H groups in total. The van der Waals surface area contributed by atoms with E-state index < -0.39 is 78.3 Å². The first-order chi connectivity index (χ1) is 17.9. The number of nitrogens with zero attached hydrogens (tertiary/aromatic N) is 1. The van der Waals surface area contributed by atoms with Crippen molar-refractivity contribution in [2.75, 3.05) is 12.9 Å². The Morgan fingerprint density at radius 1 is 0.921 bits per heavy atom. The number of amides is 3. The number of imidazole rings is 1. The number of nitrogens with one attached hydrogen (secondary N) is 5. The number of hydrogen-bond donors (Lipinski definition) is 7. The van der Waals surface area contributed by atoms with Crippen molar-refractivity contribution < 1.29 is 39.0 Å². The average molecular weight is 559 g/mol. The van der Waals surface area contributed by atoms with Crippen molar-refractivity contribution in [2.45, 2.75) is 70.1 Å². The average Bonchev–Trinajstić information content (AvgIpc) is 3.36. The van der Waals surface area contributed by atoms with Gasteiger partial charge in [-0.1, -0.05) is 13.8 Å². The molecule has 0 aliphatic heterocycles. The van der Waals surface area contributed by atoms with Gasteiger partial charge in [-0.15, -0.1) is 11.6 Å². The summed E-state index contributed by atoms with van der Waals surface area (Å²) in [6, 6.07) is -4.70. The number of aliphatic carboxylic acids is 2. The Kier molecular flexibility index (Phi) is 14.0. The minimum Gasteiger partial charge on any atom is -0.481 e. The van der Waals surface area contributed by atoms with Crippen molar-refractivity contribution in [3.8, 4) is 0 Å². The van der Waals surface area contributed by atoms with Gasteiger partial charge < -0.3 is 36.5 Å². The number of ketones is 1. The second kappa shape index (κ2) is 16.3. The highest BCUT2D eigenvalue weighted by Gasteiger charge is 2.32. The van der Waals surface area contributed by atoms with Gasteiger partial charge in [0.1, 0.15) is 12.1 Å². The summed E-state index contributed by atoms with van der Waals surface area (Å²) in [6.45, 7) is 3.83. The van der Waals surface area contributed by atoms with E-state index in [-0.39, 0.29) is 18.8 Å². The zero-order valence-corrected chi connectivity index (χ0v) is 22.2. The molecule has 0 aliphatic carbocycles. The number of carbonyl (C=O) groups excluding carboxylic acids is 4. The molecule has 0 aromatic carbocycles. The van der Waals surface area contributed by atoms with E-state index in [1.54, 1.807) is 7.05 Å². The van der Waals surface area contributed by atoms with Gasteiger partial charge in [0.2, 0.25) is 17.7 Å². The molecular formula is C23H35ClN6O8. The number of carboxylic acids is 2. The minimum atomic E-state index is -1.44. The molecule has 0 aliphatic rings. The number of likely N-dealkylation sites (N-methyl/N-ethyl adjacent to an activating group) is 1.